The molecule has 0 aromatic heterocycles. The number of aliphatic carboxylic acids is 1. The van der Waals surface area contributed by atoms with Crippen LogP contribution in [0.15, 0.2) is 24.3 Å². The lowest BCUT2D eigenvalue weighted by molar-refractivity contribution is -0.142. The van der Waals surface area contributed by atoms with Crippen molar-refractivity contribution in [2.45, 2.75) is 38.4 Å². The Balaban J connectivity index is 1.83. The number of likely N-dealkylation sites (N-methyl/N-ethyl adjacent to an activating group) is 1. The topological polar surface area (TPSA) is 98.7 Å². The van der Waals surface area contributed by atoms with Crippen LogP contribution in [0.2, 0.25) is 0 Å². The standard InChI is InChI=1S/C17H23N3O4/c1-11(17(23)24)20(2)10-15(21)18-9-12-4-3-5-13(8-12)16(22)19-14-6-7-14/h3-5,8,11,14H,6-7,9-10H2,1-2H3,(H,18,21)(H,19,22)(H,23,24). The highest BCUT2D eigenvalue weighted by Gasteiger charge is 2.23. The summed E-state index contributed by atoms with van der Waals surface area (Å²) in [6.45, 7) is 1.81. The summed E-state index contributed by atoms with van der Waals surface area (Å²) in [5.74, 6) is -1.33. The maximum absolute atomic E-state index is 12.0. The molecule has 1 unspecified atom stereocenters. The van der Waals surface area contributed by atoms with Gasteiger partial charge in [-0.25, -0.2) is 0 Å². The number of carbonyl (C=O) groups excluding carboxylic acids is 2. The van der Waals surface area contributed by atoms with Crippen LogP contribution in [0.4, 0.5) is 0 Å². The number of carboxylic acids is 1. The van der Waals surface area contributed by atoms with E-state index in [2.05, 4.69) is 10.6 Å². The van der Waals surface area contributed by atoms with Crippen LogP contribution >= 0.6 is 0 Å². The second kappa shape index (κ2) is 7.92. The zero-order chi connectivity index (χ0) is 17.7. The van der Waals surface area contributed by atoms with E-state index in [1.807, 2.05) is 6.07 Å². The number of nitrogens with one attached hydrogen (secondary N) is 2. The lowest BCUT2D eigenvalue weighted by Crippen LogP contribution is -2.42. The normalized spacial score (nSPS) is 15.0. The third-order valence-electron chi connectivity index (χ3n) is 4.00. The molecule has 1 aromatic rings. The van der Waals surface area contributed by atoms with Gasteiger partial charge in [-0.05, 0) is 44.5 Å². The van der Waals surface area contributed by atoms with E-state index >= 15 is 0 Å². The first-order chi connectivity index (χ1) is 11.4. The molecule has 0 bridgehead atoms. The van der Waals surface area contributed by atoms with Crippen molar-refractivity contribution >= 4 is 17.8 Å². The first kappa shape index (κ1) is 17.9. The number of amides is 2. The van der Waals surface area contributed by atoms with E-state index in [1.165, 1.54) is 11.8 Å². The van der Waals surface area contributed by atoms with Crippen LogP contribution in [0.1, 0.15) is 35.7 Å². The maximum Gasteiger partial charge on any atom is 0.320 e. The van der Waals surface area contributed by atoms with Crippen LogP contribution in [0.5, 0.6) is 0 Å². The number of nitrogens with zero attached hydrogens (tertiary/aromatic N) is 1. The monoisotopic (exact) mass is 333 g/mol. The van der Waals surface area contributed by atoms with Gasteiger partial charge in [0.05, 0.1) is 6.54 Å². The molecule has 2 rings (SSSR count). The number of hydrogen-bond donors (Lipinski definition) is 3. The van der Waals surface area contributed by atoms with E-state index in [1.54, 1.807) is 25.2 Å². The van der Waals surface area contributed by atoms with Crippen molar-refractivity contribution in [3.8, 4) is 0 Å². The maximum atomic E-state index is 12.0. The van der Waals surface area contributed by atoms with Crippen LogP contribution in [0, 0.1) is 0 Å². The zero-order valence-electron chi connectivity index (χ0n) is 13.9. The fourth-order valence-corrected chi connectivity index (χ4v) is 2.13. The van der Waals surface area contributed by atoms with Gasteiger partial charge < -0.3 is 15.7 Å². The Morgan fingerprint density at radius 3 is 2.67 bits per heavy atom. The van der Waals surface area contributed by atoms with Crippen LogP contribution in [-0.2, 0) is 16.1 Å². The number of hydrogen-bond acceptors (Lipinski definition) is 4. The first-order valence-electron chi connectivity index (χ1n) is 7.96. The molecule has 1 aliphatic rings. The van der Waals surface area contributed by atoms with Crippen LogP contribution < -0.4 is 10.6 Å². The van der Waals surface area contributed by atoms with Crippen molar-refractivity contribution in [1.82, 2.24) is 15.5 Å². The lowest BCUT2D eigenvalue weighted by Gasteiger charge is -2.20. The molecule has 1 fully saturated rings. The van der Waals surface area contributed by atoms with Gasteiger partial charge in [-0.15, -0.1) is 0 Å². The molecule has 1 aromatic carbocycles. The quantitative estimate of drug-likeness (QED) is 0.647. The molecular weight excluding hydrogens is 310 g/mol. The van der Waals surface area contributed by atoms with Crippen molar-refractivity contribution in [2.24, 2.45) is 0 Å². The van der Waals surface area contributed by atoms with Gasteiger partial charge in [0.1, 0.15) is 6.04 Å². The molecule has 1 atom stereocenters. The van der Waals surface area contributed by atoms with Gasteiger partial charge in [0.25, 0.3) is 5.91 Å². The Labute approximate surface area is 141 Å². The lowest BCUT2D eigenvalue weighted by atomic mass is 10.1. The van der Waals surface area contributed by atoms with Crippen molar-refractivity contribution in [2.75, 3.05) is 13.6 Å². The molecule has 24 heavy (non-hydrogen) atoms. The summed E-state index contributed by atoms with van der Waals surface area (Å²) in [4.78, 5) is 36.2. The Kier molecular flexibility index (Phi) is 5.92. The first-order valence-corrected chi connectivity index (χ1v) is 7.96. The van der Waals surface area contributed by atoms with E-state index in [0.29, 0.717) is 18.2 Å². The molecule has 130 valence electrons. The van der Waals surface area contributed by atoms with Crippen LogP contribution in [0.3, 0.4) is 0 Å². The van der Waals surface area contributed by atoms with Gasteiger partial charge in [0, 0.05) is 18.2 Å². The molecule has 2 amide bonds. The summed E-state index contributed by atoms with van der Waals surface area (Å²) in [6, 6.07) is 6.67. The molecule has 0 heterocycles. The highest BCUT2D eigenvalue weighted by atomic mass is 16.4. The number of rotatable bonds is 8. The fourth-order valence-electron chi connectivity index (χ4n) is 2.13. The SMILES string of the molecule is CC(C(=O)O)N(C)CC(=O)NCc1cccc(C(=O)NC2CC2)c1. The Hall–Kier alpha value is -2.41. The molecule has 1 aliphatic carbocycles. The van der Waals surface area contributed by atoms with E-state index < -0.39 is 12.0 Å². The molecule has 0 radical (unpaired) electrons. The third-order valence-corrected chi connectivity index (χ3v) is 4.00. The fraction of sp³-hybridized carbons (Fsp3) is 0.471. The summed E-state index contributed by atoms with van der Waals surface area (Å²) >= 11 is 0. The molecule has 0 aliphatic heterocycles. The third kappa shape index (κ3) is 5.34. The van der Waals surface area contributed by atoms with Gasteiger partial charge in [0.15, 0.2) is 0 Å². The average molecular weight is 333 g/mol. The van der Waals surface area contributed by atoms with Crippen molar-refractivity contribution in [3.05, 3.63) is 35.4 Å². The van der Waals surface area contributed by atoms with Gasteiger partial charge in [0.2, 0.25) is 5.91 Å². The minimum atomic E-state index is -0.973. The molecule has 3 N–H and O–H groups in total. The van der Waals surface area contributed by atoms with E-state index in [4.69, 9.17) is 5.11 Å². The molecule has 0 saturated heterocycles. The Bertz CT molecular complexity index is 628. The minimum absolute atomic E-state index is 0.00464. The molecular formula is C17H23N3O4. The molecule has 7 nitrogen and oxygen atoms in total. The van der Waals surface area contributed by atoms with Crippen LogP contribution in [-0.4, -0.2) is 53.5 Å². The van der Waals surface area contributed by atoms with E-state index in [-0.39, 0.29) is 18.4 Å². The Morgan fingerprint density at radius 2 is 2.04 bits per heavy atom. The van der Waals surface area contributed by atoms with Crippen molar-refractivity contribution in [1.29, 1.82) is 0 Å². The second-order valence-electron chi connectivity index (χ2n) is 6.15. The van der Waals surface area contributed by atoms with E-state index in [9.17, 15) is 14.4 Å². The van der Waals surface area contributed by atoms with Gasteiger partial charge in [-0.2, -0.15) is 0 Å². The van der Waals surface area contributed by atoms with E-state index in [0.717, 1.165) is 18.4 Å². The summed E-state index contributed by atoms with van der Waals surface area (Å²) in [5.41, 5.74) is 1.39. The highest BCUT2D eigenvalue weighted by Crippen LogP contribution is 2.19. The predicted octanol–water partition coefficient (Wildman–Crippen LogP) is 0.600. The summed E-state index contributed by atoms with van der Waals surface area (Å²) in [6.07, 6.45) is 2.06. The minimum Gasteiger partial charge on any atom is -0.480 e. The summed E-state index contributed by atoms with van der Waals surface area (Å²) in [5, 5.41) is 14.6. The highest BCUT2D eigenvalue weighted by molar-refractivity contribution is 5.94. The molecule has 0 spiro atoms. The summed E-state index contributed by atoms with van der Waals surface area (Å²) in [7, 11) is 1.58. The predicted molar refractivity (Wildman–Crippen MR) is 88.5 cm³/mol. The summed E-state index contributed by atoms with van der Waals surface area (Å²) < 4.78 is 0. The van der Waals surface area contributed by atoms with Crippen molar-refractivity contribution in [3.63, 3.8) is 0 Å². The average Bonchev–Trinajstić information content (AvgIpc) is 3.36. The molecule has 1 saturated carbocycles. The smallest absolute Gasteiger partial charge is 0.320 e. The largest absolute Gasteiger partial charge is 0.480 e. The zero-order valence-corrected chi connectivity index (χ0v) is 13.9. The van der Waals surface area contributed by atoms with Crippen molar-refractivity contribution < 1.29 is 19.5 Å². The van der Waals surface area contributed by atoms with Gasteiger partial charge in [-0.1, -0.05) is 12.1 Å². The second-order valence-corrected chi connectivity index (χ2v) is 6.15. The van der Waals surface area contributed by atoms with Crippen LogP contribution in [0.25, 0.3) is 0 Å². The number of carbonyl (C=O) groups is 3. The number of benzene rings is 1. The molecule has 7 heteroatoms. The number of carboxylic acid groups (broad SMARTS) is 1. The Morgan fingerprint density at radius 1 is 1.33 bits per heavy atom. The van der Waals surface area contributed by atoms with Gasteiger partial charge in [-0.3, -0.25) is 19.3 Å². The van der Waals surface area contributed by atoms with Gasteiger partial charge >= 0.3 is 5.97 Å².